The van der Waals surface area contributed by atoms with Gasteiger partial charge in [0.2, 0.25) is 0 Å². The summed E-state index contributed by atoms with van der Waals surface area (Å²) in [5.41, 5.74) is 2.69. The van der Waals surface area contributed by atoms with Crippen molar-refractivity contribution in [1.29, 1.82) is 5.26 Å². The molecule has 1 heterocycles. The Morgan fingerprint density at radius 2 is 2.11 bits per heavy atom. The van der Waals surface area contributed by atoms with Crippen molar-refractivity contribution >= 4 is 12.0 Å². The second-order valence-corrected chi connectivity index (χ2v) is 5.77. The van der Waals surface area contributed by atoms with E-state index in [1.54, 1.807) is 43.9 Å². The van der Waals surface area contributed by atoms with Crippen LogP contribution in [0.4, 0.5) is 0 Å². The first-order valence-electron chi connectivity index (χ1n) is 8.31. The molecule has 0 radical (unpaired) electrons. The summed E-state index contributed by atoms with van der Waals surface area (Å²) in [6.07, 6.45) is 6.84. The normalized spacial score (nSPS) is 10.9. The monoisotopic (exact) mass is 358 g/mol. The first-order valence-corrected chi connectivity index (χ1v) is 8.31. The number of imidazole rings is 1. The Labute approximate surface area is 157 Å². The molecule has 0 saturated heterocycles. The zero-order valence-corrected chi connectivity index (χ0v) is 14.8. The molecule has 6 nitrogen and oxygen atoms in total. The van der Waals surface area contributed by atoms with Crippen molar-refractivity contribution in [2.75, 3.05) is 7.11 Å². The van der Waals surface area contributed by atoms with Gasteiger partial charge in [-0.15, -0.1) is 0 Å². The third-order valence-electron chi connectivity index (χ3n) is 3.96. The van der Waals surface area contributed by atoms with E-state index in [1.165, 1.54) is 0 Å². The maximum absolute atomic E-state index is 12.3. The van der Waals surface area contributed by atoms with Crippen molar-refractivity contribution in [3.8, 4) is 17.5 Å². The SMILES string of the molecule is COc1cccc(/C=C(\C#N)C(=O)NCc2ccc(-n3ccnc3)cc2)c1. The lowest BCUT2D eigenvalue weighted by molar-refractivity contribution is -0.117. The molecule has 1 aromatic heterocycles. The van der Waals surface area contributed by atoms with Crippen LogP contribution >= 0.6 is 0 Å². The Kier molecular flexibility index (Phi) is 5.65. The molecule has 0 aliphatic carbocycles. The number of benzene rings is 2. The van der Waals surface area contributed by atoms with Crippen LogP contribution in [0.5, 0.6) is 5.75 Å². The average Bonchev–Trinajstić information content (AvgIpc) is 3.25. The van der Waals surface area contributed by atoms with Crippen molar-refractivity contribution in [2.24, 2.45) is 0 Å². The summed E-state index contributed by atoms with van der Waals surface area (Å²) < 4.78 is 7.05. The van der Waals surface area contributed by atoms with E-state index in [2.05, 4.69) is 10.3 Å². The van der Waals surface area contributed by atoms with E-state index in [0.29, 0.717) is 12.3 Å². The number of aromatic nitrogens is 2. The zero-order valence-electron chi connectivity index (χ0n) is 14.8. The fraction of sp³-hybridized carbons (Fsp3) is 0.0952. The number of amides is 1. The number of hydrogen-bond donors (Lipinski definition) is 1. The molecule has 0 spiro atoms. The largest absolute Gasteiger partial charge is 0.497 e. The minimum absolute atomic E-state index is 0.0401. The summed E-state index contributed by atoms with van der Waals surface area (Å²) in [7, 11) is 1.57. The summed E-state index contributed by atoms with van der Waals surface area (Å²) >= 11 is 0. The van der Waals surface area contributed by atoms with Crippen LogP contribution in [0.3, 0.4) is 0 Å². The van der Waals surface area contributed by atoms with Crippen LogP contribution in [0.2, 0.25) is 0 Å². The molecular weight excluding hydrogens is 340 g/mol. The molecule has 27 heavy (non-hydrogen) atoms. The van der Waals surface area contributed by atoms with E-state index in [1.807, 2.05) is 47.2 Å². The van der Waals surface area contributed by atoms with Crippen LogP contribution in [0, 0.1) is 11.3 Å². The van der Waals surface area contributed by atoms with E-state index in [9.17, 15) is 10.1 Å². The number of carbonyl (C=O) groups is 1. The van der Waals surface area contributed by atoms with Crippen LogP contribution in [0.15, 0.2) is 72.8 Å². The van der Waals surface area contributed by atoms with Gasteiger partial charge >= 0.3 is 0 Å². The molecule has 1 amide bonds. The van der Waals surface area contributed by atoms with E-state index in [-0.39, 0.29) is 5.57 Å². The zero-order chi connectivity index (χ0) is 19.1. The minimum Gasteiger partial charge on any atom is -0.497 e. The smallest absolute Gasteiger partial charge is 0.262 e. The summed E-state index contributed by atoms with van der Waals surface area (Å²) in [5, 5.41) is 12.1. The molecule has 134 valence electrons. The van der Waals surface area contributed by atoms with E-state index in [0.717, 1.165) is 16.8 Å². The number of rotatable bonds is 6. The van der Waals surface area contributed by atoms with E-state index in [4.69, 9.17) is 4.74 Å². The van der Waals surface area contributed by atoms with Crippen molar-refractivity contribution < 1.29 is 9.53 Å². The van der Waals surface area contributed by atoms with Gasteiger partial charge in [0.1, 0.15) is 17.4 Å². The molecule has 3 rings (SSSR count). The van der Waals surface area contributed by atoms with Gasteiger partial charge in [0.15, 0.2) is 0 Å². The van der Waals surface area contributed by atoms with Crippen LogP contribution in [-0.2, 0) is 11.3 Å². The third kappa shape index (κ3) is 4.61. The lowest BCUT2D eigenvalue weighted by Gasteiger charge is -2.07. The van der Waals surface area contributed by atoms with Gasteiger partial charge in [-0.25, -0.2) is 4.98 Å². The molecular formula is C21H18N4O2. The predicted molar refractivity (Wildman–Crippen MR) is 102 cm³/mol. The maximum atomic E-state index is 12.3. The highest BCUT2D eigenvalue weighted by Gasteiger charge is 2.09. The number of nitriles is 1. The average molecular weight is 358 g/mol. The van der Waals surface area contributed by atoms with Crippen molar-refractivity contribution in [3.63, 3.8) is 0 Å². The standard InChI is InChI=1S/C21H18N4O2/c1-27-20-4-2-3-17(12-20)11-18(13-22)21(26)24-14-16-5-7-19(8-6-16)25-10-9-23-15-25/h2-12,15H,14H2,1H3,(H,24,26)/b18-11+. The van der Waals surface area contributed by atoms with Gasteiger partial charge in [0, 0.05) is 24.6 Å². The van der Waals surface area contributed by atoms with Gasteiger partial charge in [-0.1, -0.05) is 24.3 Å². The highest BCUT2D eigenvalue weighted by Crippen LogP contribution is 2.15. The Balaban J connectivity index is 1.65. The van der Waals surface area contributed by atoms with Crippen LogP contribution < -0.4 is 10.1 Å². The fourth-order valence-electron chi connectivity index (χ4n) is 2.52. The highest BCUT2D eigenvalue weighted by molar-refractivity contribution is 6.01. The van der Waals surface area contributed by atoms with E-state index >= 15 is 0 Å². The van der Waals surface area contributed by atoms with Gasteiger partial charge in [-0.2, -0.15) is 5.26 Å². The molecule has 0 aliphatic rings. The lowest BCUT2D eigenvalue weighted by Crippen LogP contribution is -2.23. The van der Waals surface area contributed by atoms with Crippen molar-refractivity contribution in [1.82, 2.24) is 14.9 Å². The first-order chi connectivity index (χ1) is 13.2. The maximum Gasteiger partial charge on any atom is 0.262 e. The summed E-state index contributed by atoms with van der Waals surface area (Å²) in [6.45, 7) is 0.334. The predicted octanol–water partition coefficient (Wildman–Crippen LogP) is 3.10. The Bertz CT molecular complexity index is 984. The van der Waals surface area contributed by atoms with Crippen LogP contribution in [0.25, 0.3) is 11.8 Å². The van der Waals surface area contributed by atoms with Crippen molar-refractivity contribution in [3.05, 3.63) is 84.0 Å². The lowest BCUT2D eigenvalue weighted by atomic mass is 10.1. The quantitative estimate of drug-likeness (QED) is 0.542. The number of ether oxygens (including phenoxy) is 1. The van der Waals surface area contributed by atoms with Crippen LogP contribution in [-0.4, -0.2) is 22.6 Å². The fourth-order valence-corrected chi connectivity index (χ4v) is 2.52. The summed E-state index contributed by atoms with van der Waals surface area (Å²) in [6, 6.07) is 16.9. The molecule has 1 N–H and O–H groups in total. The van der Waals surface area contributed by atoms with Crippen molar-refractivity contribution in [2.45, 2.75) is 6.54 Å². The molecule has 0 aliphatic heterocycles. The molecule has 0 fully saturated rings. The molecule has 0 saturated carbocycles. The Hall–Kier alpha value is -3.85. The molecule has 3 aromatic rings. The number of hydrogen-bond acceptors (Lipinski definition) is 4. The van der Waals surface area contributed by atoms with Gasteiger partial charge in [-0.3, -0.25) is 4.79 Å². The number of carbonyl (C=O) groups excluding carboxylic acids is 1. The van der Waals surface area contributed by atoms with Crippen LogP contribution in [0.1, 0.15) is 11.1 Å². The number of methoxy groups -OCH3 is 1. The molecule has 0 unspecified atom stereocenters. The van der Waals surface area contributed by atoms with Gasteiger partial charge in [0.05, 0.1) is 13.4 Å². The topological polar surface area (TPSA) is 79.9 Å². The Morgan fingerprint density at radius 3 is 2.78 bits per heavy atom. The molecule has 6 heteroatoms. The third-order valence-corrected chi connectivity index (χ3v) is 3.96. The number of nitrogens with one attached hydrogen (secondary N) is 1. The second kappa shape index (κ2) is 8.50. The molecule has 0 bridgehead atoms. The molecule has 2 aromatic carbocycles. The first kappa shape index (κ1) is 18.0. The van der Waals surface area contributed by atoms with Gasteiger partial charge < -0.3 is 14.6 Å². The highest BCUT2D eigenvalue weighted by atomic mass is 16.5. The Morgan fingerprint density at radius 1 is 1.30 bits per heavy atom. The van der Waals surface area contributed by atoms with E-state index < -0.39 is 5.91 Å². The second-order valence-electron chi connectivity index (χ2n) is 5.77. The minimum atomic E-state index is -0.418. The number of nitrogens with zero attached hydrogens (tertiary/aromatic N) is 3. The van der Waals surface area contributed by atoms with Gasteiger partial charge in [0.25, 0.3) is 5.91 Å². The summed E-state index contributed by atoms with van der Waals surface area (Å²) in [4.78, 5) is 16.3. The summed E-state index contributed by atoms with van der Waals surface area (Å²) in [5.74, 6) is 0.249. The van der Waals surface area contributed by atoms with Gasteiger partial charge in [-0.05, 0) is 41.5 Å². The molecule has 0 atom stereocenters.